The zero-order valence-corrected chi connectivity index (χ0v) is 24.1. The normalized spacial score (nSPS) is 17.0. The standard InChI is InChI=1S/C28H25Cl2FN4O5S/c1-41(39,40)23-16-19(31)8-10-22(23)34-11-13-35(14-12-34)26(37)24(17-5-3-2-4-6-17)33-25(36)18-7-9-20-21(15-18)32-27(38)28(20,29)30/h2-10,15-16,24H,11-14H2,1H3,(H,32,38)(H,33,36)/t24-/m1/s1. The number of hydrogen-bond donors (Lipinski definition) is 2. The van der Waals surface area contributed by atoms with Crippen molar-refractivity contribution in [2.75, 3.05) is 42.7 Å². The smallest absolute Gasteiger partial charge is 0.265 e. The first-order valence-electron chi connectivity index (χ1n) is 12.6. The second-order valence-electron chi connectivity index (χ2n) is 9.80. The first-order valence-corrected chi connectivity index (χ1v) is 15.2. The van der Waals surface area contributed by atoms with Gasteiger partial charge in [0.1, 0.15) is 11.9 Å². The molecule has 3 aromatic rings. The van der Waals surface area contributed by atoms with Crippen molar-refractivity contribution < 1.29 is 27.2 Å². The van der Waals surface area contributed by atoms with Gasteiger partial charge < -0.3 is 20.4 Å². The summed E-state index contributed by atoms with van der Waals surface area (Å²) in [5.41, 5.74) is 1.77. The van der Waals surface area contributed by atoms with Crippen LogP contribution in [-0.2, 0) is 23.8 Å². The second-order valence-corrected chi connectivity index (χ2v) is 13.1. The number of nitrogens with zero attached hydrogens (tertiary/aromatic N) is 2. The van der Waals surface area contributed by atoms with Gasteiger partial charge >= 0.3 is 0 Å². The molecule has 1 saturated heterocycles. The van der Waals surface area contributed by atoms with E-state index in [0.717, 1.165) is 12.3 Å². The van der Waals surface area contributed by atoms with Crippen LogP contribution in [0.15, 0.2) is 71.6 Å². The van der Waals surface area contributed by atoms with Gasteiger partial charge in [-0.2, -0.15) is 0 Å². The van der Waals surface area contributed by atoms with Crippen LogP contribution in [0, 0.1) is 5.82 Å². The van der Waals surface area contributed by atoms with Gasteiger partial charge in [-0.3, -0.25) is 14.4 Å². The molecule has 0 saturated carbocycles. The quantitative estimate of drug-likeness (QED) is 0.408. The fourth-order valence-corrected chi connectivity index (χ4v) is 6.26. The van der Waals surface area contributed by atoms with E-state index in [0.29, 0.717) is 35.6 Å². The largest absolute Gasteiger partial charge is 0.367 e. The van der Waals surface area contributed by atoms with Crippen molar-refractivity contribution in [1.29, 1.82) is 0 Å². The van der Waals surface area contributed by atoms with Crippen LogP contribution in [0.5, 0.6) is 0 Å². The van der Waals surface area contributed by atoms with Crippen molar-refractivity contribution in [3.63, 3.8) is 0 Å². The molecule has 5 rings (SSSR count). The summed E-state index contributed by atoms with van der Waals surface area (Å²) < 4.78 is 36.6. The molecular formula is C28H25Cl2FN4O5S. The highest BCUT2D eigenvalue weighted by molar-refractivity contribution is 7.90. The molecule has 0 radical (unpaired) electrons. The number of amides is 3. The lowest BCUT2D eigenvalue weighted by Crippen LogP contribution is -2.52. The minimum absolute atomic E-state index is 0.113. The van der Waals surface area contributed by atoms with Crippen LogP contribution in [0.3, 0.4) is 0 Å². The first kappa shape index (κ1) is 28.8. The van der Waals surface area contributed by atoms with E-state index in [-0.39, 0.29) is 29.5 Å². The summed E-state index contributed by atoms with van der Waals surface area (Å²) in [6, 6.07) is 15.8. The van der Waals surface area contributed by atoms with E-state index >= 15 is 0 Å². The van der Waals surface area contributed by atoms with E-state index in [1.54, 1.807) is 40.1 Å². The number of piperazine rings is 1. The molecule has 3 aromatic carbocycles. The molecule has 0 aromatic heterocycles. The SMILES string of the molecule is CS(=O)(=O)c1cc(F)ccc1N1CCN(C(=O)[C@H](NC(=O)c2ccc3c(c2)NC(=O)C3(Cl)Cl)c2ccccc2)CC1. The van der Waals surface area contributed by atoms with E-state index in [9.17, 15) is 27.2 Å². The Bertz CT molecular complexity index is 1640. The number of sulfone groups is 1. The number of benzene rings is 3. The van der Waals surface area contributed by atoms with E-state index < -0.39 is 37.8 Å². The minimum atomic E-state index is -3.69. The van der Waals surface area contributed by atoms with E-state index in [2.05, 4.69) is 10.6 Å². The third-order valence-corrected chi connectivity index (χ3v) is 8.94. The topological polar surface area (TPSA) is 116 Å². The Morgan fingerprint density at radius 2 is 1.68 bits per heavy atom. The Kier molecular flexibility index (Phi) is 7.71. The lowest BCUT2D eigenvalue weighted by atomic mass is 10.0. The van der Waals surface area contributed by atoms with E-state index in [4.69, 9.17) is 23.2 Å². The summed E-state index contributed by atoms with van der Waals surface area (Å²) in [5, 5.41) is 5.36. The van der Waals surface area contributed by atoms with Gasteiger partial charge in [-0.05, 0) is 35.9 Å². The first-order chi connectivity index (χ1) is 19.4. The maximum Gasteiger partial charge on any atom is 0.265 e. The molecule has 1 fully saturated rings. The summed E-state index contributed by atoms with van der Waals surface area (Å²) in [6.07, 6.45) is 1.02. The highest BCUT2D eigenvalue weighted by Gasteiger charge is 2.44. The van der Waals surface area contributed by atoms with Crippen molar-refractivity contribution in [2.24, 2.45) is 0 Å². The summed E-state index contributed by atoms with van der Waals surface area (Å²) in [4.78, 5) is 42.4. The van der Waals surface area contributed by atoms with Crippen LogP contribution < -0.4 is 15.5 Å². The van der Waals surface area contributed by atoms with Gasteiger partial charge in [-0.1, -0.05) is 59.6 Å². The number of carbonyl (C=O) groups is 3. The summed E-state index contributed by atoms with van der Waals surface area (Å²) in [5.74, 6) is -2.16. The average Bonchev–Trinajstić information content (AvgIpc) is 3.18. The molecule has 1 atom stereocenters. The van der Waals surface area contributed by atoms with Crippen LogP contribution in [-0.4, -0.2) is 63.5 Å². The Morgan fingerprint density at radius 3 is 2.34 bits per heavy atom. The average molecular weight is 620 g/mol. The molecule has 214 valence electrons. The fourth-order valence-electron chi connectivity index (χ4n) is 4.93. The van der Waals surface area contributed by atoms with Crippen molar-refractivity contribution in [3.05, 3.63) is 89.2 Å². The monoisotopic (exact) mass is 618 g/mol. The van der Waals surface area contributed by atoms with E-state index in [1.165, 1.54) is 30.3 Å². The van der Waals surface area contributed by atoms with Crippen molar-refractivity contribution in [1.82, 2.24) is 10.2 Å². The zero-order valence-electron chi connectivity index (χ0n) is 21.7. The predicted octanol–water partition coefficient (Wildman–Crippen LogP) is 3.63. The maximum atomic E-state index is 13.8. The molecule has 0 aliphatic carbocycles. The molecular weight excluding hydrogens is 594 g/mol. The Balaban J connectivity index is 1.34. The number of alkyl halides is 2. The van der Waals surface area contributed by atoms with Crippen LogP contribution in [0.4, 0.5) is 15.8 Å². The summed E-state index contributed by atoms with van der Waals surface area (Å²) in [7, 11) is -3.69. The third kappa shape index (κ3) is 5.74. The van der Waals surface area contributed by atoms with Crippen molar-refractivity contribution in [2.45, 2.75) is 15.3 Å². The van der Waals surface area contributed by atoms with Crippen LogP contribution in [0.1, 0.15) is 27.5 Å². The molecule has 3 amide bonds. The second kappa shape index (κ2) is 11.0. The minimum Gasteiger partial charge on any atom is -0.367 e. The van der Waals surface area contributed by atoms with E-state index in [1.807, 2.05) is 0 Å². The number of anilines is 2. The number of halogens is 3. The maximum absolute atomic E-state index is 13.8. The van der Waals surface area contributed by atoms with Crippen LogP contribution in [0.2, 0.25) is 0 Å². The van der Waals surface area contributed by atoms with Crippen LogP contribution >= 0.6 is 23.2 Å². The van der Waals surface area contributed by atoms with Crippen molar-refractivity contribution >= 4 is 62.1 Å². The third-order valence-electron chi connectivity index (χ3n) is 7.06. The molecule has 2 aliphatic rings. The van der Waals surface area contributed by atoms with Crippen molar-refractivity contribution in [3.8, 4) is 0 Å². The number of hydrogen-bond acceptors (Lipinski definition) is 6. The Labute approximate surface area is 246 Å². The van der Waals surface area contributed by atoms with Gasteiger partial charge in [0.25, 0.3) is 11.8 Å². The fraction of sp³-hybridized carbons (Fsp3) is 0.250. The van der Waals surface area contributed by atoms with Gasteiger partial charge in [-0.25, -0.2) is 12.8 Å². The Morgan fingerprint density at radius 1 is 1.00 bits per heavy atom. The van der Waals surface area contributed by atoms with Gasteiger partial charge in [0.2, 0.25) is 10.2 Å². The molecule has 41 heavy (non-hydrogen) atoms. The summed E-state index contributed by atoms with van der Waals surface area (Å²) >= 11 is 12.2. The zero-order chi connectivity index (χ0) is 29.5. The van der Waals surface area contributed by atoms with Crippen LogP contribution in [0.25, 0.3) is 0 Å². The predicted molar refractivity (Wildman–Crippen MR) is 153 cm³/mol. The number of fused-ring (bicyclic) bond motifs is 1. The lowest BCUT2D eigenvalue weighted by molar-refractivity contribution is -0.133. The van der Waals surface area contributed by atoms with Gasteiger partial charge in [0.05, 0.1) is 10.6 Å². The highest BCUT2D eigenvalue weighted by atomic mass is 35.5. The Hall–Kier alpha value is -3.67. The van der Waals surface area contributed by atoms with Gasteiger partial charge in [0.15, 0.2) is 9.84 Å². The molecule has 0 bridgehead atoms. The number of carbonyl (C=O) groups excluding carboxylic acids is 3. The molecule has 0 unspecified atom stereocenters. The highest BCUT2D eigenvalue weighted by Crippen LogP contribution is 2.44. The number of nitrogens with one attached hydrogen (secondary N) is 2. The lowest BCUT2D eigenvalue weighted by Gasteiger charge is -2.38. The molecule has 2 aliphatic heterocycles. The van der Waals surface area contributed by atoms with Gasteiger partial charge in [0, 0.05) is 49.2 Å². The molecule has 0 spiro atoms. The molecule has 9 nitrogen and oxygen atoms in total. The van der Waals surface area contributed by atoms with Gasteiger partial charge in [-0.15, -0.1) is 0 Å². The molecule has 2 heterocycles. The number of rotatable bonds is 6. The summed E-state index contributed by atoms with van der Waals surface area (Å²) in [6.45, 7) is 1.10. The molecule has 2 N–H and O–H groups in total. The molecule has 13 heteroatoms.